The van der Waals surface area contributed by atoms with Crippen LogP contribution in [0.4, 0.5) is 10.1 Å². The average molecular weight is 249 g/mol. The first-order chi connectivity index (χ1) is 8.58. The zero-order valence-corrected chi connectivity index (χ0v) is 8.98. The predicted molar refractivity (Wildman–Crippen MR) is 59.9 cm³/mol. The molecule has 0 spiro atoms. The van der Waals surface area contributed by atoms with Crippen LogP contribution in [0.3, 0.4) is 0 Å². The number of aromatic nitrogens is 2. The Kier molecular flexibility index (Phi) is 3.05. The van der Waals surface area contributed by atoms with Crippen molar-refractivity contribution >= 4 is 17.6 Å². The Bertz CT molecular complexity index is 596. The van der Waals surface area contributed by atoms with Crippen molar-refractivity contribution in [3.05, 3.63) is 47.8 Å². The molecule has 3 N–H and O–H groups in total. The Labute approximate surface area is 100 Å². The maximum absolute atomic E-state index is 12.9. The van der Waals surface area contributed by atoms with Gasteiger partial charge in [0.2, 0.25) is 0 Å². The number of carboxylic acids is 1. The smallest absolute Gasteiger partial charge is 0.337 e. The molecule has 1 amide bonds. The van der Waals surface area contributed by atoms with Crippen LogP contribution in [0.25, 0.3) is 0 Å². The van der Waals surface area contributed by atoms with Gasteiger partial charge < -0.3 is 15.4 Å². The van der Waals surface area contributed by atoms with Crippen LogP contribution in [0.15, 0.2) is 30.7 Å². The van der Waals surface area contributed by atoms with E-state index in [1.807, 2.05) is 0 Å². The number of nitrogens with zero attached hydrogens (tertiary/aromatic N) is 1. The first kappa shape index (κ1) is 11.8. The van der Waals surface area contributed by atoms with E-state index >= 15 is 0 Å². The Morgan fingerprint density at radius 2 is 2.17 bits per heavy atom. The molecule has 0 saturated carbocycles. The van der Waals surface area contributed by atoms with Gasteiger partial charge in [-0.05, 0) is 18.2 Å². The molecule has 2 rings (SSSR count). The van der Waals surface area contributed by atoms with Crippen molar-refractivity contribution in [2.75, 3.05) is 5.32 Å². The molecule has 6 nitrogen and oxygen atoms in total. The second-order valence-corrected chi connectivity index (χ2v) is 3.41. The molecule has 1 heterocycles. The van der Waals surface area contributed by atoms with Crippen LogP contribution in [0.1, 0.15) is 20.8 Å². The first-order valence-corrected chi connectivity index (χ1v) is 4.90. The van der Waals surface area contributed by atoms with Gasteiger partial charge in [-0.2, -0.15) is 0 Å². The lowest BCUT2D eigenvalue weighted by Crippen LogP contribution is -2.15. The summed E-state index contributed by atoms with van der Waals surface area (Å²) in [5, 5.41) is 11.3. The SMILES string of the molecule is O=C(Nc1ccc(F)cc1C(=O)O)c1cnc[nH]1. The van der Waals surface area contributed by atoms with Gasteiger partial charge in [0.15, 0.2) is 0 Å². The number of anilines is 1. The molecule has 0 aliphatic carbocycles. The number of hydrogen-bond donors (Lipinski definition) is 3. The van der Waals surface area contributed by atoms with E-state index < -0.39 is 17.7 Å². The number of hydrogen-bond acceptors (Lipinski definition) is 3. The molecule has 0 unspecified atom stereocenters. The number of amides is 1. The molecule has 0 aliphatic rings. The molecular formula is C11H8FN3O3. The number of carboxylic acid groups (broad SMARTS) is 1. The standard InChI is InChI=1S/C11H8FN3O3/c12-6-1-2-8(7(3-6)11(17)18)15-10(16)9-4-13-5-14-9/h1-5H,(H,13,14)(H,15,16)(H,17,18). The van der Waals surface area contributed by atoms with Crippen LogP contribution >= 0.6 is 0 Å². The van der Waals surface area contributed by atoms with E-state index in [2.05, 4.69) is 15.3 Å². The lowest BCUT2D eigenvalue weighted by atomic mass is 10.1. The van der Waals surface area contributed by atoms with Gasteiger partial charge in [0.05, 0.1) is 23.8 Å². The minimum absolute atomic E-state index is 0.0171. The molecular weight excluding hydrogens is 241 g/mol. The van der Waals surface area contributed by atoms with Crippen molar-refractivity contribution in [2.45, 2.75) is 0 Å². The third-order valence-corrected chi connectivity index (χ3v) is 2.20. The lowest BCUT2D eigenvalue weighted by Gasteiger charge is -2.07. The number of carbonyl (C=O) groups is 2. The molecule has 0 bridgehead atoms. The van der Waals surface area contributed by atoms with Crippen LogP contribution in [-0.4, -0.2) is 27.0 Å². The second-order valence-electron chi connectivity index (χ2n) is 3.41. The fourth-order valence-corrected chi connectivity index (χ4v) is 1.37. The van der Waals surface area contributed by atoms with Gasteiger partial charge >= 0.3 is 5.97 Å². The van der Waals surface area contributed by atoms with E-state index in [9.17, 15) is 14.0 Å². The normalized spacial score (nSPS) is 10.1. The van der Waals surface area contributed by atoms with E-state index in [1.54, 1.807) is 0 Å². The van der Waals surface area contributed by atoms with Crippen LogP contribution in [0, 0.1) is 5.82 Å². The number of aromatic carboxylic acids is 1. The summed E-state index contributed by atoms with van der Waals surface area (Å²) >= 11 is 0. The van der Waals surface area contributed by atoms with E-state index in [1.165, 1.54) is 18.6 Å². The summed E-state index contributed by atoms with van der Waals surface area (Å²) in [6, 6.07) is 3.09. The molecule has 7 heteroatoms. The lowest BCUT2D eigenvalue weighted by molar-refractivity contribution is 0.0697. The quantitative estimate of drug-likeness (QED) is 0.768. The number of H-pyrrole nitrogens is 1. The van der Waals surface area contributed by atoms with Crippen molar-refractivity contribution in [1.82, 2.24) is 9.97 Å². The number of imidazole rings is 1. The van der Waals surface area contributed by atoms with Gasteiger partial charge in [0, 0.05) is 0 Å². The van der Waals surface area contributed by atoms with Gasteiger partial charge in [-0.25, -0.2) is 14.2 Å². The highest BCUT2D eigenvalue weighted by molar-refractivity contribution is 6.06. The third kappa shape index (κ3) is 2.34. The van der Waals surface area contributed by atoms with Crippen LogP contribution in [-0.2, 0) is 0 Å². The molecule has 0 fully saturated rings. The molecule has 1 aromatic heterocycles. The monoisotopic (exact) mass is 249 g/mol. The Morgan fingerprint density at radius 3 is 2.78 bits per heavy atom. The highest BCUT2D eigenvalue weighted by Crippen LogP contribution is 2.17. The number of halogens is 1. The average Bonchev–Trinajstić information content (AvgIpc) is 2.84. The summed E-state index contributed by atoms with van der Waals surface area (Å²) in [5.74, 6) is -2.57. The number of rotatable bonds is 3. The van der Waals surface area contributed by atoms with E-state index in [-0.39, 0.29) is 16.9 Å². The molecule has 0 atom stereocenters. The largest absolute Gasteiger partial charge is 0.478 e. The fourth-order valence-electron chi connectivity index (χ4n) is 1.37. The van der Waals surface area contributed by atoms with Crippen LogP contribution < -0.4 is 5.32 Å². The third-order valence-electron chi connectivity index (χ3n) is 2.20. The van der Waals surface area contributed by atoms with Gasteiger partial charge in [0.25, 0.3) is 5.91 Å². The van der Waals surface area contributed by atoms with E-state index in [0.717, 1.165) is 12.1 Å². The van der Waals surface area contributed by atoms with Gasteiger partial charge in [-0.15, -0.1) is 0 Å². The summed E-state index contributed by atoms with van der Waals surface area (Å²) in [5.41, 5.74) is -0.123. The molecule has 18 heavy (non-hydrogen) atoms. The number of benzene rings is 1. The molecule has 92 valence electrons. The van der Waals surface area contributed by atoms with E-state index in [0.29, 0.717) is 0 Å². The Morgan fingerprint density at radius 1 is 1.39 bits per heavy atom. The Hall–Kier alpha value is -2.70. The first-order valence-electron chi connectivity index (χ1n) is 4.90. The highest BCUT2D eigenvalue weighted by Gasteiger charge is 2.15. The fraction of sp³-hybridized carbons (Fsp3) is 0. The zero-order chi connectivity index (χ0) is 13.1. The van der Waals surface area contributed by atoms with Crippen molar-refractivity contribution in [2.24, 2.45) is 0 Å². The number of carbonyl (C=O) groups excluding carboxylic acids is 1. The molecule has 0 aliphatic heterocycles. The number of aromatic amines is 1. The summed E-state index contributed by atoms with van der Waals surface area (Å²) < 4.78 is 12.9. The molecule has 2 aromatic rings. The second kappa shape index (κ2) is 4.66. The molecule has 0 saturated heterocycles. The minimum atomic E-state index is -1.32. The maximum Gasteiger partial charge on any atom is 0.337 e. The minimum Gasteiger partial charge on any atom is -0.478 e. The predicted octanol–water partition coefficient (Wildman–Crippen LogP) is 1.50. The van der Waals surface area contributed by atoms with Gasteiger partial charge in [0.1, 0.15) is 11.5 Å². The van der Waals surface area contributed by atoms with Crippen LogP contribution in [0.2, 0.25) is 0 Å². The van der Waals surface area contributed by atoms with Crippen molar-refractivity contribution in [3.63, 3.8) is 0 Å². The summed E-state index contributed by atoms with van der Waals surface area (Å²) in [6.07, 6.45) is 2.61. The summed E-state index contributed by atoms with van der Waals surface area (Å²) in [4.78, 5) is 28.8. The maximum atomic E-state index is 12.9. The van der Waals surface area contributed by atoms with Crippen LogP contribution in [0.5, 0.6) is 0 Å². The molecule has 0 radical (unpaired) electrons. The topological polar surface area (TPSA) is 95.1 Å². The van der Waals surface area contributed by atoms with Gasteiger partial charge in [-0.1, -0.05) is 0 Å². The Balaban J connectivity index is 2.29. The highest BCUT2D eigenvalue weighted by atomic mass is 19.1. The number of nitrogens with one attached hydrogen (secondary N) is 2. The molecule has 1 aromatic carbocycles. The van der Waals surface area contributed by atoms with Crippen molar-refractivity contribution in [3.8, 4) is 0 Å². The van der Waals surface area contributed by atoms with Crippen molar-refractivity contribution < 1.29 is 19.1 Å². The summed E-state index contributed by atoms with van der Waals surface area (Å²) in [6.45, 7) is 0. The zero-order valence-electron chi connectivity index (χ0n) is 8.98. The van der Waals surface area contributed by atoms with E-state index in [4.69, 9.17) is 5.11 Å². The summed E-state index contributed by atoms with van der Waals surface area (Å²) in [7, 11) is 0. The van der Waals surface area contributed by atoms with Crippen molar-refractivity contribution in [1.29, 1.82) is 0 Å². The van der Waals surface area contributed by atoms with Gasteiger partial charge in [-0.3, -0.25) is 4.79 Å².